The highest BCUT2D eigenvalue weighted by Crippen LogP contribution is 2.21. The molecule has 0 heterocycles. The number of hydrogen-bond acceptors (Lipinski definition) is 3. The number of esters is 1. The minimum absolute atomic E-state index is 0.0193. The van der Waals surface area contributed by atoms with Gasteiger partial charge in [0.05, 0.1) is 5.88 Å². The lowest BCUT2D eigenvalue weighted by Gasteiger charge is -2.18. The Hall–Kier alpha value is -0.570. The van der Waals surface area contributed by atoms with Crippen LogP contribution in [0.1, 0.15) is 25.7 Å². The molecule has 74 valence electrons. The van der Waals surface area contributed by atoms with Crippen molar-refractivity contribution in [3.63, 3.8) is 0 Å². The van der Waals surface area contributed by atoms with E-state index in [1.54, 1.807) is 0 Å². The van der Waals surface area contributed by atoms with Crippen LogP contribution in [0.15, 0.2) is 0 Å². The quantitative estimate of drug-likeness (QED) is 0.398. The highest BCUT2D eigenvalue weighted by molar-refractivity contribution is 6.18. The van der Waals surface area contributed by atoms with Crippen LogP contribution in [0.2, 0.25) is 0 Å². The van der Waals surface area contributed by atoms with Gasteiger partial charge in [-0.2, -0.15) is 0 Å². The zero-order chi connectivity index (χ0) is 9.68. The first-order valence-electron chi connectivity index (χ1n) is 4.51. The van der Waals surface area contributed by atoms with Gasteiger partial charge in [0.2, 0.25) is 0 Å². The van der Waals surface area contributed by atoms with Crippen molar-refractivity contribution in [1.29, 1.82) is 0 Å². The van der Waals surface area contributed by atoms with E-state index >= 15 is 0 Å². The van der Waals surface area contributed by atoms with Crippen LogP contribution in [0.25, 0.3) is 0 Å². The minimum atomic E-state index is -0.517. The first kappa shape index (κ1) is 10.5. The van der Waals surface area contributed by atoms with E-state index in [0.717, 1.165) is 12.8 Å². The Morgan fingerprint density at radius 2 is 2.31 bits per heavy atom. The van der Waals surface area contributed by atoms with Gasteiger partial charge >= 0.3 is 5.97 Å². The van der Waals surface area contributed by atoms with Crippen LogP contribution in [0.3, 0.4) is 0 Å². The molecule has 1 fully saturated rings. The summed E-state index contributed by atoms with van der Waals surface area (Å²) in [6, 6.07) is 0. The highest BCUT2D eigenvalue weighted by atomic mass is 35.5. The van der Waals surface area contributed by atoms with Gasteiger partial charge in [0.25, 0.3) is 0 Å². The first-order valence-corrected chi connectivity index (χ1v) is 5.04. The van der Waals surface area contributed by atoms with E-state index in [-0.39, 0.29) is 18.3 Å². The summed E-state index contributed by atoms with van der Waals surface area (Å²) < 4.78 is 4.81. The summed E-state index contributed by atoms with van der Waals surface area (Å²) in [4.78, 5) is 22.5. The van der Waals surface area contributed by atoms with Gasteiger partial charge in [0.1, 0.15) is 18.3 Å². The van der Waals surface area contributed by atoms with E-state index in [1.165, 1.54) is 0 Å². The average Bonchev–Trinajstić information content (AvgIpc) is 2.15. The SMILES string of the molecule is O=C1CCCCC1C(=O)OCCCl. The first-order chi connectivity index (χ1) is 6.25. The number of carbonyl (C=O) groups excluding carboxylic acids is 2. The molecule has 1 aliphatic carbocycles. The number of carbonyl (C=O) groups is 2. The normalized spacial score (nSPS) is 22.8. The van der Waals surface area contributed by atoms with Crippen molar-refractivity contribution >= 4 is 23.4 Å². The molecule has 3 nitrogen and oxygen atoms in total. The molecule has 0 aliphatic heterocycles. The van der Waals surface area contributed by atoms with Crippen molar-refractivity contribution in [2.24, 2.45) is 5.92 Å². The molecule has 0 aromatic carbocycles. The molecular weight excluding hydrogens is 192 g/mol. The van der Waals surface area contributed by atoms with Crippen LogP contribution < -0.4 is 0 Å². The Labute approximate surface area is 82.4 Å². The highest BCUT2D eigenvalue weighted by Gasteiger charge is 2.29. The summed E-state index contributed by atoms with van der Waals surface area (Å²) in [6.07, 6.45) is 2.99. The van der Waals surface area contributed by atoms with Crippen molar-refractivity contribution in [1.82, 2.24) is 0 Å². The third-order valence-electron chi connectivity index (χ3n) is 2.16. The number of alkyl halides is 1. The third-order valence-corrected chi connectivity index (χ3v) is 2.31. The van der Waals surface area contributed by atoms with Gasteiger partial charge in [0, 0.05) is 6.42 Å². The Bertz CT molecular complexity index is 203. The number of Topliss-reactive ketones (excluding diaryl/α,β-unsaturated/α-hetero) is 1. The molecule has 1 unspecified atom stereocenters. The smallest absolute Gasteiger partial charge is 0.316 e. The fraction of sp³-hybridized carbons (Fsp3) is 0.778. The Morgan fingerprint density at radius 1 is 1.54 bits per heavy atom. The second kappa shape index (κ2) is 5.22. The molecule has 4 heteroatoms. The lowest BCUT2D eigenvalue weighted by atomic mass is 9.88. The van der Waals surface area contributed by atoms with E-state index in [4.69, 9.17) is 16.3 Å². The summed E-state index contributed by atoms with van der Waals surface area (Å²) in [5.41, 5.74) is 0. The van der Waals surface area contributed by atoms with Gasteiger partial charge in [-0.15, -0.1) is 11.6 Å². The van der Waals surface area contributed by atoms with Gasteiger partial charge in [0.15, 0.2) is 0 Å². The van der Waals surface area contributed by atoms with Gasteiger partial charge in [-0.05, 0) is 12.8 Å². The Kier molecular flexibility index (Phi) is 4.22. The maximum Gasteiger partial charge on any atom is 0.316 e. The summed E-state index contributed by atoms with van der Waals surface area (Å²) >= 11 is 5.36. The molecule has 0 N–H and O–H groups in total. The number of ketones is 1. The monoisotopic (exact) mass is 204 g/mol. The topological polar surface area (TPSA) is 43.4 Å². The van der Waals surface area contributed by atoms with Crippen molar-refractivity contribution in [2.45, 2.75) is 25.7 Å². The van der Waals surface area contributed by atoms with Gasteiger partial charge < -0.3 is 4.74 Å². The van der Waals surface area contributed by atoms with Gasteiger partial charge in [-0.3, -0.25) is 9.59 Å². The molecule has 0 saturated heterocycles. The molecular formula is C9H13ClO3. The van der Waals surface area contributed by atoms with E-state index in [0.29, 0.717) is 12.8 Å². The number of halogens is 1. The van der Waals surface area contributed by atoms with E-state index in [2.05, 4.69) is 0 Å². The van der Waals surface area contributed by atoms with Crippen LogP contribution in [0, 0.1) is 5.92 Å². The van der Waals surface area contributed by atoms with E-state index < -0.39 is 11.9 Å². The predicted molar refractivity (Wildman–Crippen MR) is 48.6 cm³/mol. The lowest BCUT2D eigenvalue weighted by molar-refractivity contribution is -0.152. The molecule has 0 amide bonds. The molecule has 1 atom stereocenters. The minimum Gasteiger partial charge on any atom is -0.464 e. The van der Waals surface area contributed by atoms with Crippen LogP contribution in [-0.2, 0) is 14.3 Å². The van der Waals surface area contributed by atoms with Crippen LogP contribution in [0.5, 0.6) is 0 Å². The summed E-state index contributed by atoms with van der Waals surface area (Å²) in [5, 5.41) is 0. The largest absolute Gasteiger partial charge is 0.464 e. The summed E-state index contributed by atoms with van der Waals surface area (Å²) in [7, 11) is 0. The lowest BCUT2D eigenvalue weighted by Crippen LogP contribution is -2.29. The van der Waals surface area contributed by atoms with Crippen molar-refractivity contribution < 1.29 is 14.3 Å². The molecule has 0 aromatic rings. The molecule has 13 heavy (non-hydrogen) atoms. The molecule has 0 bridgehead atoms. The standard InChI is InChI=1S/C9H13ClO3/c10-5-6-13-9(12)7-3-1-2-4-8(7)11/h7H,1-6H2. The molecule has 0 spiro atoms. The van der Waals surface area contributed by atoms with Crippen LogP contribution in [0.4, 0.5) is 0 Å². The van der Waals surface area contributed by atoms with Crippen LogP contribution in [-0.4, -0.2) is 24.2 Å². The fourth-order valence-corrected chi connectivity index (χ4v) is 1.55. The Balaban J connectivity index is 2.39. The summed E-state index contributed by atoms with van der Waals surface area (Å²) in [6.45, 7) is 0.199. The fourth-order valence-electron chi connectivity index (χ4n) is 1.47. The zero-order valence-electron chi connectivity index (χ0n) is 7.42. The second-order valence-corrected chi connectivity index (χ2v) is 3.50. The Morgan fingerprint density at radius 3 is 2.92 bits per heavy atom. The number of rotatable bonds is 3. The third kappa shape index (κ3) is 2.99. The van der Waals surface area contributed by atoms with Crippen molar-refractivity contribution in [2.75, 3.05) is 12.5 Å². The number of ether oxygens (including phenoxy) is 1. The molecule has 1 saturated carbocycles. The number of hydrogen-bond donors (Lipinski definition) is 0. The molecule has 1 aliphatic rings. The predicted octanol–water partition coefficient (Wildman–Crippen LogP) is 1.53. The molecule has 0 radical (unpaired) electrons. The summed E-state index contributed by atoms with van der Waals surface area (Å²) in [5.74, 6) is -0.611. The van der Waals surface area contributed by atoms with Gasteiger partial charge in [-0.25, -0.2) is 0 Å². The second-order valence-electron chi connectivity index (χ2n) is 3.12. The van der Waals surface area contributed by atoms with E-state index in [9.17, 15) is 9.59 Å². The molecule has 1 rings (SSSR count). The van der Waals surface area contributed by atoms with E-state index in [1.807, 2.05) is 0 Å². The average molecular weight is 205 g/mol. The van der Waals surface area contributed by atoms with Crippen molar-refractivity contribution in [3.05, 3.63) is 0 Å². The maximum absolute atomic E-state index is 11.3. The maximum atomic E-state index is 11.3. The van der Waals surface area contributed by atoms with Crippen molar-refractivity contribution in [3.8, 4) is 0 Å². The zero-order valence-corrected chi connectivity index (χ0v) is 8.18. The molecule has 0 aromatic heterocycles. The van der Waals surface area contributed by atoms with Crippen LogP contribution >= 0.6 is 11.6 Å². The van der Waals surface area contributed by atoms with Gasteiger partial charge in [-0.1, -0.05) is 6.42 Å².